The molecule has 0 aliphatic rings. The van der Waals surface area contributed by atoms with Gasteiger partial charge in [0.1, 0.15) is 11.2 Å². The van der Waals surface area contributed by atoms with Crippen LogP contribution in [0.3, 0.4) is 0 Å². The molecule has 0 aliphatic carbocycles. The number of benzene rings is 2. The number of furan rings is 1. The Morgan fingerprint density at radius 3 is 2.76 bits per heavy atom. The summed E-state index contributed by atoms with van der Waals surface area (Å²) in [4.78, 5) is 11.9. The number of hydrogen-bond acceptors (Lipinski definition) is 3. The SMILES string of the molecule is CCNCCC(=O)Nc1ccc2oc3ccccc3c2c1. The van der Waals surface area contributed by atoms with Crippen molar-refractivity contribution in [2.45, 2.75) is 13.3 Å². The van der Waals surface area contributed by atoms with E-state index in [1.165, 1.54) is 0 Å². The topological polar surface area (TPSA) is 54.3 Å². The Kier molecular flexibility index (Phi) is 3.88. The molecule has 2 N–H and O–H groups in total. The molecule has 4 heteroatoms. The molecular weight excluding hydrogens is 264 g/mol. The Morgan fingerprint density at radius 1 is 1.10 bits per heavy atom. The summed E-state index contributed by atoms with van der Waals surface area (Å²) in [6, 6.07) is 13.6. The van der Waals surface area contributed by atoms with Gasteiger partial charge in [-0.05, 0) is 30.8 Å². The summed E-state index contributed by atoms with van der Waals surface area (Å²) >= 11 is 0. The number of rotatable bonds is 5. The first-order chi connectivity index (χ1) is 10.3. The first kappa shape index (κ1) is 13.6. The van der Waals surface area contributed by atoms with Crippen molar-refractivity contribution in [3.63, 3.8) is 0 Å². The van der Waals surface area contributed by atoms with E-state index < -0.39 is 0 Å². The van der Waals surface area contributed by atoms with Gasteiger partial charge in [-0.1, -0.05) is 25.1 Å². The molecule has 0 radical (unpaired) electrons. The van der Waals surface area contributed by atoms with E-state index in [0.29, 0.717) is 13.0 Å². The highest BCUT2D eigenvalue weighted by atomic mass is 16.3. The molecule has 0 unspecified atom stereocenters. The first-order valence-electron chi connectivity index (χ1n) is 7.20. The molecule has 108 valence electrons. The van der Waals surface area contributed by atoms with Crippen molar-refractivity contribution in [2.24, 2.45) is 0 Å². The third kappa shape index (κ3) is 2.90. The normalized spacial score (nSPS) is 11.1. The minimum Gasteiger partial charge on any atom is -0.456 e. The maximum atomic E-state index is 11.9. The van der Waals surface area contributed by atoms with E-state index in [0.717, 1.165) is 34.2 Å². The molecule has 3 aromatic rings. The Hall–Kier alpha value is -2.33. The van der Waals surface area contributed by atoms with E-state index in [9.17, 15) is 4.79 Å². The lowest BCUT2D eigenvalue weighted by molar-refractivity contribution is -0.116. The molecule has 0 atom stereocenters. The van der Waals surface area contributed by atoms with Crippen LogP contribution in [0.25, 0.3) is 21.9 Å². The number of carbonyl (C=O) groups is 1. The minimum atomic E-state index is 0.0168. The van der Waals surface area contributed by atoms with Crippen molar-refractivity contribution in [1.29, 1.82) is 0 Å². The second-order valence-electron chi connectivity index (χ2n) is 4.96. The standard InChI is InChI=1S/C17H18N2O2/c1-2-18-10-9-17(20)19-12-7-8-16-14(11-12)13-5-3-4-6-15(13)21-16/h3-8,11,18H,2,9-10H2,1H3,(H,19,20). The maximum Gasteiger partial charge on any atom is 0.225 e. The van der Waals surface area contributed by atoms with E-state index in [4.69, 9.17) is 4.42 Å². The van der Waals surface area contributed by atoms with Crippen LogP contribution in [-0.4, -0.2) is 19.0 Å². The average molecular weight is 282 g/mol. The Balaban J connectivity index is 1.83. The summed E-state index contributed by atoms with van der Waals surface area (Å²) < 4.78 is 5.77. The zero-order valence-electron chi connectivity index (χ0n) is 12.0. The molecule has 1 aromatic heterocycles. The number of carbonyl (C=O) groups excluding carboxylic acids is 1. The van der Waals surface area contributed by atoms with E-state index in [1.54, 1.807) is 0 Å². The smallest absolute Gasteiger partial charge is 0.225 e. The lowest BCUT2D eigenvalue weighted by Gasteiger charge is -2.05. The predicted molar refractivity (Wildman–Crippen MR) is 85.5 cm³/mol. The van der Waals surface area contributed by atoms with E-state index >= 15 is 0 Å². The van der Waals surface area contributed by atoms with Gasteiger partial charge in [-0.25, -0.2) is 0 Å². The lowest BCUT2D eigenvalue weighted by Crippen LogP contribution is -2.21. The second kappa shape index (κ2) is 5.97. The first-order valence-corrected chi connectivity index (χ1v) is 7.20. The largest absolute Gasteiger partial charge is 0.456 e. The van der Waals surface area contributed by atoms with Crippen LogP contribution in [0.15, 0.2) is 46.9 Å². The number of amides is 1. The molecular formula is C17H18N2O2. The van der Waals surface area contributed by atoms with Gasteiger partial charge in [0.2, 0.25) is 5.91 Å². The van der Waals surface area contributed by atoms with E-state index in [1.807, 2.05) is 49.4 Å². The van der Waals surface area contributed by atoms with Crippen LogP contribution >= 0.6 is 0 Å². The highest BCUT2D eigenvalue weighted by Crippen LogP contribution is 2.30. The van der Waals surface area contributed by atoms with Crippen LogP contribution in [-0.2, 0) is 4.79 Å². The summed E-state index contributed by atoms with van der Waals surface area (Å²) in [7, 11) is 0. The molecule has 1 heterocycles. The van der Waals surface area contributed by atoms with Gasteiger partial charge in [0, 0.05) is 29.4 Å². The number of para-hydroxylation sites is 1. The Morgan fingerprint density at radius 2 is 1.90 bits per heavy atom. The molecule has 0 aliphatic heterocycles. The molecule has 0 saturated carbocycles. The fraction of sp³-hybridized carbons (Fsp3) is 0.235. The predicted octanol–water partition coefficient (Wildman–Crippen LogP) is 3.52. The van der Waals surface area contributed by atoms with Gasteiger partial charge < -0.3 is 15.1 Å². The van der Waals surface area contributed by atoms with Crippen LogP contribution in [0.5, 0.6) is 0 Å². The summed E-state index contributed by atoms with van der Waals surface area (Å²) in [5, 5.41) is 8.15. The van der Waals surface area contributed by atoms with Crippen molar-refractivity contribution in [1.82, 2.24) is 5.32 Å². The van der Waals surface area contributed by atoms with Gasteiger partial charge in [0.05, 0.1) is 0 Å². The summed E-state index contributed by atoms with van der Waals surface area (Å²) in [5.74, 6) is 0.0168. The molecule has 1 amide bonds. The third-order valence-electron chi connectivity index (χ3n) is 3.44. The summed E-state index contributed by atoms with van der Waals surface area (Å²) in [5.41, 5.74) is 2.50. The molecule has 2 aromatic carbocycles. The van der Waals surface area contributed by atoms with Crippen molar-refractivity contribution in [3.8, 4) is 0 Å². The fourth-order valence-electron chi connectivity index (χ4n) is 2.41. The fourth-order valence-corrected chi connectivity index (χ4v) is 2.41. The summed E-state index contributed by atoms with van der Waals surface area (Å²) in [6.45, 7) is 3.59. The Labute approximate surface area is 123 Å². The molecule has 3 rings (SSSR count). The number of nitrogens with one attached hydrogen (secondary N) is 2. The number of fused-ring (bicyclic) bond motifs is 3. The average Bonchev–Trinajstić information content (AvgIpc) is 2.86. The molecule has 21 heavy (non-hydrogen) atoms. The highest BCUT2D eigenvalue weighted by molar-refractivity contribution is 6.06. The van der Waals surface area contributed by atoms with Gasteiger partial charge in [0.25, 0.3) is 0 Å². The third-order valence-corrected chi connectivity index (χ3v) is 3.44. The second-order valence-corrected chi connectivity index (χ2v) is 4.96. The minimum absolute atomic E-state index is 0.0168. The monoisotopic (exact) mass is 282 g/mol. The van der Waals surface area contributed by atoms with Gasteiger partial charge in [-0.3, -0.25) is 4.79 Å². The lowest BCUT2D eigenvalue weighted by atomic mass is 10.1. The maximum absolute atomic E-state index is 11.9. The summed E-state index contributed by atoms with van der Waals surface area (Å²) in [6.07, 6.45) is 0.470. The van der Waals surface area contributed by atoms with Gasteiger partial charge in [0.15, 0.2) is 0 Å². The van der Waals surface area contributed by atoms with Gasteiger partial charge >= 0.3 is 0 Å². The van der Waals surface area contributed by atoms with Crippen molar-refractivity contribution < 1.29 is 9.21 Å². The van der Waals surface area contributed by atoms with E-state index in [2.05, 4.69) is 10.6 Å². The van der Waals surface area contributed by atoms with Crippen LogP contribution < -0.4 is 10.6 Å². The zero-order chi connectivity index (χ0) is 14.7. The van der Waals surface area contributed by atoms with Crippen molar-refractivity contribution >= 4 is 33.5 Å². The van der Waals surface area contributed by atoms with Crippen LogP contribution in [0.4, 0.5) is 5.69 Å². The van der Waals surface area contributed by atoms with E-state index in [-0.39, 0.29) is 5.91 Å². The molecule has 0 saturated heterocycles. The van der Waals surface area contributed by atoms with Crippen LogP contribution in [0.1, 0.15) is 13.3 Å². The molecule has 0 fully saturated rings. The van der Waals surface area contributed by atoms with Crippen molar-refractivity contribution in [2.75, 3.05) is 18.4 Å². The molecule has 0 bridgehead atoms. The van der Waals surface area contributed by atoms with Gasteiger partial charge in [-0.15, -0.1) is 0 Å². The van der Waals surface area contributed by atoms with Crippen molar-refractivity contribution in [3.05, 3.63) is 42.5 Å². The van der Waals surface area contributed by atoms with Crippen LogP contribution in [0.2, 0.25) is 0 Å². The number of anilines is 1. The quantitative estimate of drug-likeness (QED) is 0.704. The number of hydrogen-bond donors (Lipinski definition) is 2. The van der Waals surface area contributed by atoms with Gasteiger partial charge in [-0.2, -0.15) is 0 Å². The van der Waals surface area contributed by atoms with Crippen LogP contribution in [0, 0.1) is 0 Å². The molecule has 0 spiro atoms. The Bertz CT molecular complexity index is 777. The highest BCUT2D eigenvalue weighted by Gasteiger charge is 2.08. The zero-order valence-corrected chi connectivity index (χ0v) is 12.0. The molecule has 4 nitrogen and oxygen atoms in total.